The van der Waals surface area contributed by atoms with Gasteiger partial charge in [0.05, 0.1) is 16.3 Å². The summed E-state index contributed by atoms with van der Waals surface area (Å²) in [5.74, 6) is -0.636. The highest BCUT2D eigenvalue weighted by atomic mass is 32.2. The average molecular weight is 374 g/mol. The maximum atomic E-state index is 11.9. The molecule has 0 aliphatic carbocycles. The summed E-state index contributed by atoms with van der Waals surface area (Å²) in [6.45, 7) is 1.99. The zero-order valence-corrected chi connectivity index (χ0v) is 14.8. The van der Waals surface area contributed by atoms with E-state index in [1.54, 1.807) is 22.2 Å². The van der Waals surface area contributed by atoms with Crippen molar-refractivity contribution < 1.29 is 9.59 Å². The Morgan fingerprint density at radius 3 is 2.72 bits per heavy atom. The number of nitrogens with zero attached hydrogens (tertiary/aromatic N) is 4. The number of thioether (sulfide) groups is 1. The highest BCUT2D eigenvalue weighted by Crippen LogP contribution is 2.18. The molecule has 10 heteroatoms. The Kier molecular flexibility index (Phi) is 5.41. The molecule has 2 aromatic heterocycles. The molecule has 2 amide bonds. The van der Waals surface area contributed by atoms with E-state index in [-0.39, 0.29) is 17.6 Å². The molecule has 128 valence electrons. The lowest BCUT2D eigenvalue weighted by molar-refractivity contribution is -0.119. The predicted molar refractivity (Wildman–Crippen MR) is 94.5 cm³/mol. The van der Waals surface area contributed by atoms with E-state index < -0.39 is 0 Å². The van der Waals surface area contributed by atoms with Crippen LogP contribution in [0.25, 0.3) is 5.69 Å². The van der Waals surface area contributed by atoms with E-state index in [0.29, 0.717) is 10.0 Å². The van der Waals surface area contributed by atoms with E-state index in [1.807, 2.05) is 31.2 Å². The second-order valence-electron chi connectivity index (χ2n) is 4.98. The van der Waals surface area contributed by atoms with Gasteiger partial charge in [-0.1, -0.05) is 35.5 Å². The number of nitrogens with one attached hydrogen (secondary N) is 2. The van der Waals surface area contributed by atoms with Crippen LogP contribution in [-0.4, -0.2) is 37.8 Å². The molecule has 0 radical (unpaired) electrons. The van der Waals surface area contributed by atoms with Crippen LogP contribution in [0.15, 0.2) is 46.9 Å². The minimum absolute atomic E-state index is 0.0664. The van der Waals surface area contributed by atoms with Crippen LogP contribution >= 0.6 is 23.1 Å². The van der Waals surface area contributed by atoms with Crippen LogP contribution in [-0.2, 0) is 4.79 Å². The smallest absolute Gasteiger partial charge is 0.272 e. The van der Waals surface area contributed by atoms with Crippen LogP contribution in [0.1, 0.15) is 15.2 Å². The van der Waals surface area contributed by atoms with Gasteiger partial charge in [0.25, 0.3) is 5.91 Å². The van der Waals surface area contributed by atoms with Gasteiger partial charge >= 0.3 is 0 Å². The molecule has 0 bridgehead atoms. The fourth-order valence-electron chi connectivity index (χ4n) is 1.88. The molecule has 8 nitrogen and oxygen atoms in total. The first-order valence-electron chi connectivity index (χ1n) is 7.24. The Morgan fingerprint density at radius 1 is 1.20 bits per heavy atom. The molecule has 0 aliphatic heterocycles. The van der Waals surface area contributed by atoms with Gasteiger partial charge in [-0.2, -0.15) is 4.68 Å². The summed E-state index contributed by atoms with van der Waals surface area (Å²) in [4.78, 5) is 24.2. The topological polar surface area (TPSA) is 102 Å². The van der Waals surface area contributed by atoms with Crippen LogP contribution in [0.5, 0.6) is 0 Å². The molecule has 0 fully saturated rings. The number of aromatic nitrogens is 4. The van der Waals surface area contributed by atoms with Gasteiger partial charge in [-0.3, -0.25) is 20.4 Å². The monoisotopic (exact) mass is 374 g/mol. The lowest BCUT2D eigenvalue weighted by Gasteiger charge is -2.06. The highest BCUT2D eigenvalue weighted by molar-refractivity contribution is 7.99. The maximum absolute atomic E-state index is 11.9. The third-order valence-corrected chi connectivity index (χ3v) is 4.90. The summed E-state index contributed by atoms with van der Waals surface area (Å²) in [5.41, 5.74) is 6.68. The van der Waals surface area contributed by atoms with Crippen molar-refractivity contribution in [2.24, 2.45) is 0 Å². The van der Waals surface area contributed by atoms with Crippen molar-refractivity contribution in [1.82, 2.24) is 31.1 Å². The number of tetrazole rings is 1. The van der Waals surface area contributed by atoms with Crippen molar-refractivity contribution in [2.75, 3.05) is 5.75 Å². The first-order valence-corrected chi connectivity index (χ1v) is 9.11. The van der Waals surface area contributed by atoms with Gasteiger partial charge in [0, 0.05) is 0 Å². The van der Waals surface area contributed by atoms with Crippen LogP contribution in [0.4, 0.5) is 0 Å². The molecular weight excluding hydrogens is 360 g/mol. The number of hydrogen-bond donors (Lipinski definition) is 2. The Bertz CT molecular complexity index is 861. The molecule has 2 N–H and O–H groups in total. The van der Waals surface area contributed by atoms with E-state index >= 15 is 0 Å². The number of carbonyl (C=O) groups is 2. The third kappa shape index (κ3) is 4.43. The van der Waals surface area contributed by atoms with Crippen LogP contribution in [0, 0.1) is 6.92 Å². The van der Waals surface area contributed by atoms with Crippen molar-refractivity contribution in [1.29, 1.82) is 0 Å². The normalized spacial score (nSPS) is 10.4. The lowest BCUT2D eigenvalue weighted by atomic mass is 10.2. The predicted octanol–water partition coefficient (Wildman–Crippen LogP) is 1.59. The molecule has 0 aliphatic rings. The van der Waals surface area contributed by atoms with Crippen LogP contribution < -0.4 is 10.9 Å². The van der Waals surface area contributed by atoms with Gasteiger partial charge in [-0.25, -0.2) is 0 Å². The fourth-order valence-corrected chi connectivity index (χ4v) is 3.19. The van der Waals surface area contributed by atoms with E-state index in [4.69, 9.17) is 0 Å². The van der Waals surface area contributed by atoms with Gasteiger partial charge in [-0.05, 0) is 40.9 Å². The molecular formula is C15H14N6O2S2. The second-order valence-corrected chi connectivity index (χ2v) is 6.87. The molecule has 2 heterocycles. The summed E-state index contributed by atoms with van der Waals surface area (Å²) < 4.78 is 1.56. The number of benzene rings is 1. The quantitative estimate of drug-likeness (QED) is 0.519. The number of aryl methyl sites for hydroxylation is 1. The number of carbonyl (C=O) groups excluding carboxylic acids is 2. The van der Waals surface area contributed by atoms with Crippen LogP contribution in [0.2, 0.25) is 0 Å². The lowest BCUT2D eigenvalue weighted by Crippen LogP contribution is -2.42. The number of thiophene rings is 1. The summed E-state index contributed by atoms with van der Waals surface area (Å²) in [6, 6.07) is 11.2. The summed E-state index contributed by atoms with van der Waals surface area (Å²) in [7, 11) is 0. The molecule has 25 heavy (non-hydrogen) atoms. The largest absolute Gasteiger partial charge is 0.279 e. The van der Waals surface area contributed by atoms with Gasteiger partial charge in [0.1, 0.15) is 0 Å². The fraction of sp³-hybridized carbons (Fsp3) is 0.133. The molecule has 3 aromatic rings. The number of hydrogen-bond acceptors (Lipinski definition) is 7. The molecule has 0 spiro atoms. The number of amides is 2. The second kappa shape index (κ2) is 7.90. The zero-order valence-electron chi connectivity index (χ0n) is 13.2. The minimum atomic E-state index is -0.353. The van der Waals surface area contributed by atoms with E-state index in [2.05, 4.69) is 26.4 Å². The zero-order chi connectivity index (χ0) is 17.6. The molecule has 0 atom stereocenters. The van der Waals surface area contributed by atoms with Gasteiger partial charge in [-0.15, -0.1) is 16.4 Å². The summed E-state index contributed by atoms with van der Waals surface area (Å²) in [5, 5.41) is 13.8. The Hall–Kier alpha value is -2.72. The van der Waals surface area contributed by atoms with E-state index in [9.17, 15) is 9.59 Å². The van der Waals surface area contributed by atoms with Crippen molar-refractivity contribution in [2.45, 2.75) is 12.1 Å². The number of rotatable bonds is 5. The van der Waals surface area contributed by atoms with E-state index in [0.717, 1.165) is 11.3 Å². The molecule has 3 rings (SSSR count). The molecule has 0 unspecified atom stereocenters. The maximum Gasteiger partial charge on any atom is 0.279 e. The van der Waals surface area contributed by atoms with Crippen molar-refractivity contribution in [3.8, 4) is 5.69 Å². The minimum Gasteiger partial charge on any atom is -0.272 e. The standard InChI is InChI=1S/C15H14N6O2S2/c1-10-4-6-11(7-5-10)21-15(18-19-20-21)25-9-13(22)16-17-14(23)12-3-2-8-24-12/h2-8H,9H2,1H3,(H,16,22)(H,17,23). The molecule has 0 saturated heterocycles. The first-order chi connectivity index (χ1) is 12.1. The Balaban J connectivity index is 1.54. The first kappa shape index (κ1) is 17.1. The van der Waals surface area contributed by atoms with Gasteiger partial charge in [0.2, 0.25) is 11.1 Å². The van der Waals surface area contributed by atoms with Crippen molar-refractivity contribution >= 4 is 34.9 Å². The van der Waals surface area contributed by atoms with Gasteiger partial charge in [0.15, 0.2) is 0 Å². The molecule has 1 aromatic carbocycles. The molecule has 0 saturated carbocycles. The highest BCUT2D eigenvalue weighted by Gasteiger charge is 2.12. The van der Waals surface area contributed by atoms with E-state index in [1.165, 1.54) is 23.1 Å². The summed E-state index contributed by atoms with van der Waals surface area (Å²) >= 11 is 2.47. The third-order valence-electron chi connectivity index (χ3n) is 3.11. The number of hydrazine groups is 1. The van der Waals surface area contributed by atoms with Crippen LogP contribution in [0.3, 0.4) is 0 Å². The summed E-state index contributed by atoms with van der Waals surface area (Å²) in [6.07, 6.45) is 0. The Morgan fingerprint density at radius 2 is 2.00 bits per heavy atom. The average Bonchev–Trinajstić information content (AvgIpc) is 3.30. The SMILES string of the molecule is Cc1ccc(-n2nnnc2SCC(=O)NNC(=O)c2cccs2)cc1. The Labute approximate surface area is 151 Å². The van der Waals surface area contributed by atoms with Crippen molar-refractivity contribution in [3.05, 3.63) is 52.2 Å². The van der Waals surface area contributed by atoms with Crippen molar-refractivity contribution in [3.63, 3.8) is 0 Å². The van der Waals surface area contributed by atoms with Gasteiger partial charge < -0.3 is 0 Å².